The van der Waals surface area contributed by atoms with E-state index in [-0.39, 0.29) is 18.9 Å². The molecule has 0 aromatic carbocycles. The third-order valence-corrected chi connectivity index (χ3v) is 16.2. The Morgan fingerprint density at radius 1 is 0.420 bits per heavy atom. The standard InChI is InChI=1S/C69H117NO18/c1-3-5-7-9-11-13-15-17-18-19-20-21-22-23-24-25-26-27-28-29-30-31-32-33-34-35-37-39-41-43-45-47-57(75)70-52(53(74)46-44-42-40-38-36-16-14-12-10-8-6-4-2)51-83-67-63(81)60(78)65(55(49-72)85-67)88-69-64(82)61(79)66(56(50-73)86-69)87-68-62(80)59(77)58(76)54(48-71)84-68/h5,7,11,13,17-18,20-21,23-24,26-27,29-30,32-33,52-56,58-69,71-74,76-82H,3-4,6,8-10,12,14-16,19,22,25,28,31,34-51H2,1-2H3,(H,70,75)/b7-5-,13-11-,18-17-,21-20-,24-23-,27-26-,30-29-,33-32-. The first-order valence-electron chi connectivity index (χ1n) is 33.5. The molecular formula is C69H117NO18. The van der Waals surface area contributed by atoms with Gasteiger partial charge in [-0.25, -0.2) is 0 Å². The summed E-state index contributed by atoms with van der Waals surface area (Å²) in [5.41, 5.74) is 0. The van der Waals surface area contributed by atoms with Gasteiger partial charge in [-0.1, -0.05) is 214 Å². The second-order valence-corrected chi connectivity index (χ2v) is 23.6. The smallest absolute Gasteiger partial charge is 0.220 e. The second-order valence-electron chi connectivity index (χ2n) is 23.6. The fraction of sp³-hybridized carbons (Fsp3) is 0.754. The van der Waals surface area contributed by atoms with Crippen molar-refractivity contribution in [1.82, 2.24) is 5.32 Å². The van der Waals surface area contributed by atoms with Gasteiger partial charge in [0, 0.05) is 6.42 Å². The molecule has 3 aliphatic heterocycles. The minimum absolute atomic E-state index is 0.243. The molecule has 0 aromatic heterocycles. The number of hydrogen-bond donors (Lipinski definition) is 12. The Kier molecular flexibility index (Phi) is 45.1. The Hall–Kier alpha value is -3.29. The molecule has 19 nitrogen and oxygen atoms in total. The van der Waals surface area contributed by atoms with Crippen molar-refractivity contribution >= 4 is 5.91 Å². The van der Waals surface area contributed by atoms with Crippen LogP contribution in [0, 0.1) is 0 Å². The number of amides is 1. The van der Waals surface area contributed by atoms with E-state index in [1.165, 1.54) is 51.4 Å². The van der Waals surface area contributed by atoms with E-state index in [4.69, 9.17) is 28.4 Å². The minimum Gasteiger partial charge on any atom is -0.394 e. The zero-order valence-corrected chi connectivity index (χ0v) is 53.2. The van der Waals surface area contributed by atoms with Crippen molar-refractivity contribution in [2.24, 2.45) is 0 Å². The molecule has 1 amide bonds. The number of nitrogens with one attached hydrogen (secondary N) is 1. The molecule has 12 N–H and O–H groups in total. The Morgan fingerprint density at radius 3 is 1.23 bits per heavy atom. The number of ether oxygens (including phenoxy) is 6. The van der Waals surface area contributed by atoms with Crippen molar-refractivity contribution in [2.75, 3.05) is 26.4 Å². The zero-order valence-electron chi connectivity index (χ0n) is 53.2. The fourth-order valence-electron chi connectivity index (χ4n) is 10.7. The molecule has 0 radical (unpaired) electrons. The number of rotatable bonds is 49. The van der Waals surface area contributed by atoms with Crippen LogP contribution in [0.5, 0.6) is 0 Å². The van der Waals surface area contributed by atoms with Gasteiger partial charge in [0.2, 0.25) is 5.91 Å². The van der Waals surface area contributed by atoms with Gasteiger partial charge >= 0.3 is 0 Å². The zero-order chi connectivity index (χ0) is 64.0. The summed E-state index contributed by atoms with van der Waals surface area (Å²) in [6.07, 6.45) is 37.8. The van der Waals surface area contributed by atoms with E-state index in [0.717, 1.165) is 116 Å². The number of allylic oxidation sites excluding steroid dienone is 16. The van der Waals surface area contributed by atoms with E-state index in [1.807, 2.05) is 0 Å². The van der Waals surface area contributed by atoms with Crippen LogP contribution in [0.25, 0.3) is 0 Å². The highest BCUT2D eigenvalue weighted by Crippen LogP contribution is 2.33. The normalized spacial score (nSPS) is 29.0. The third-order valence-electron chi connectivity index (χ3n) is 16.2. The third kappa shape index (κ3) is 32.3. The molecule has 3 saturated heterocycles. The summed E-state index contributed by atoms with van der Waals surface area (Å²) in [5, 5.41) is 120. The van der Waals surface area contributed by atoms with Crippen LogP contribution in [0.15, 0.2) is 97.2 Å². The molecule has 88 heavy (non-hydrogen) atoms. The maximum Gasteiger partial charge on any atom is 0.220 e. The van der Waals surface area contributed by atoms with E-state index in [0.29, 0.717) is 12.8 Å². The number of aliphatic hydroxyl groups excluding tert-OH is 11. The molecule has 506 valence electrons. The van der Waals surface area contributed by atoms with Gasteiger partial charge in [-0.05, 0) is 77.0 Å². The van der Waals surface area contributed by atoms with E-state index in [2.05, 4.69) is 116 Å². The Balaban J connectivity index is 1.40. The summed E-state index contributed by atoms with van der Waals surface area (Å²) in [7, 11) is 0. The molecule has 0 bridgehead atoms. The maximum absolute atomic E-state index is 13.4. The van der Waals surface area contributed by atoms with E-state index < -0.39 is 124 Å². The molecule has 0 spiro atoms. The Bertz CT molecular complexity index is 1970. The lowest BCUT2D eigenvalue weighted by Crippen LogP contribution is -2.66. The summed E-state index contributed by atoms with van der Waals surface area (Å²) in [5.74, 6) is -0.263. The van der Waals surface area contributed by atoms with Crippen LogP contribution >= 0.6 is 0 Å². The van der Waals surface area contributed by atoms with E-state index in [9.17, 15) is 61.0 Å². The molecule has 17 atom stereocenters. The van der Waals surface area contributed by atoms with Gasteiger partial charge in [0.05, 0.1) is 38.6 Å². The lowest BCUT2D eigenvalue weighted by Gasteiger charge is -2.48. The largest absolute Gasteiger partial charge is 0.394 e. The van der Waals surface area contributed by atoms with Crippen molar-refractivity contribution in [1.29, 1.82) is 0 Å². The first-order chi connectivity index (χ1) is 42.8. The van der Waals surface area contributed by atoms with Gasteiger partial charge in [-0.3, -0.25) is 4.79 Å². The molecule has 0 saturated carbocycles. The predicted molar refractivity (Wildman–Crippen MR) is 341 cm³/mol. The number of hydrogen-bond acceptors (Lipinski definition) is 18. The average Bonchev–Trinajstić information content (AvgIpc) is 1.54. The predicted octanol–water partition coefficient (Wildman–Crippen LogP) is 8.10. The van der Waals surface area contributed by atoms with Crippen LogP contribution in [0.2, 0.25) is 0 Å². The van der Waals surface area contributed by atoms with Crippen molar-refractivity contribution in [3.05, 3.63) is 97.2 Å². The fourth-order valence-corrected chi connectivity index (χ4v) is 10.7. The van der Waals surface area contributed by atoms with Gasteiger partial charge < -0.3 is 89.9 Å². The monoisotopic (exact) mass is 1250 g/mol. The molecule has 3 fully saturated rings. The average molecular weight is 1250 g/mol. The maximum atomic E-state index is 13.4. The van der Waals surface area contributed by atoms with Crippen LogP contribution in [-0.2, 0) is 33.2 Å². The summed E-state index contributed by atoms with van der Waals surface area (Å²) in [4.78, 5) is 13.4. The van der Waals surface area contributed by atoms with Gasteiger partial charge in [0.15, 0.2) is 18.9 Å². The molecule has 19 heteroatoms. The second kappa shape index (κ2) is 50.3. The van der Waals surface area contributed by atoms with Crippen LogP contribution in [0.1, 0.15) is 200 Å². The molecule has 3 heterocycles. The highest BCUT2D eigenvalue weighted by Gasteiger charge is 2.53. The Labute approximate surface area is 526 Å². The van der Waals surface area contributed by atoms with E-state index >= 15 is 0 Å². The SMILES string of the molecule is CC/C=C\C/C=C\C/C=C\C/C=C\C/C=C\C/C=C\C/C=C\C/C=C\CCCCCCCCC(=O)NC(COC1OC(CO)C(OC2OC(CO)C(OC3OC(CO)C(O)C(O)C3O)C(O)C2O)C(O)C1O)C(O)CCCCCCCCCCCCCC. The van der Waals surface area contributed by atoms with Gasteiger partial charge in [0.1, 0.15) is 73.2 Å². The molecule has 0 aromatic rings. The van der Waals surface area contributed by atoms with Crippen molar-refractivity contribution < 1.29 is 89.4 Å². The summed E-state index contributed by atoms with van der Waals surface area (Å²) in [6.45, 7) is 1.64. The summed E-state index contributed by atoms with van der Waals surface area (Å²) in [6, 6.07) is -0.901. The lowest BCUT2D eigenvalue weighted by molar-refractivity contribution is -0.379. The van der Waals surface area contributed by atoms with Crippen molar-refractivity contribution in [3.8, 4) is 0 Å². The first kappa shape index (κ1) is 78.9. The van der Waals surface area contributed by atoms with E-state index in [1.54, 1.807) is 0 Å². The van der Waals surface area contributed by atoms with Crippen molar-refractivity contribution in [3.63, 3.8) is 0 Å². The number of unbranched alkanes of at least 4 members (excludes halogenated alkanes) is 17. The highest BCUT2D eigenvalue weighted by molar-refractivity contribution is 5.76. The quantitative estimate of drug-likeness (QED) is 0.0202. The number of carbonyl (C=O) groups is 1. The lowest BCUT2D eigenvalue weighted by atomic mass is 9.96. The first-order valence-corrected chi connectivity index (χ1v) is 33.5. The van der Waals surface area contributed by atoms with Crippen LogP contribution < -0.4 is 5.32 Å². The summed E-state index contributed by atoms with van der Waals surface area (Å²) >= 11 is 0. The van der Waals surface area contributed by atoms with Gasteiger partial charge in [-0.2, -0.15) is 0 Å². The van der Waals surface area contributed by atoms with Crippen LogP contribution in [0.3, 0.4) is 0 Å². The van der Waals surface area contributed by atoms with Crippen molar-refractivity contribution in [2.45, 2.75) is 304 Å². The number of aliphatic hydroxyl groups is 11. The minimum atomic E-state index is -1.98. The topological polar surface area (TPSA) is 307 Å². The molecular weight excluding hydrogens is 1130 g/mol. The molecule has 3 rings (SSSR count). The molecule has 0 aliphatic carbocycles. The van der Waals surface area contributed by atoms with Crippen LogP contribution in [-0.4, -0.2) is 193 Å². The molecule has 17 unspecified atom stereocenters. The number of carbonyl (C=O) groups excluding carboxylic acids is 1. The van der Waals surface area contributed by atoms with Gasteiger partial charge in [0.25, 0.3) is 0 Å². The van der Waals surface area contributed by atoms with Gasteiger partial charge in [-0.15, -0.1) is 0 Å². The van der Waals surface area contributed by atoms with Crippen LogP contribution in [0.4, 0.5) is 0 Å². The Morgan fingerprint density at radius 2 is 0.784 bits per heavy atom. The molecule has 3 aliphatic rings. The summed E-state index contributed by atoms with van der Waals surface area (Å²) < 4.78 is 34.3. The highest BCUT2D eigenvalue weighted by atomic mass is 16.8.